The Hall–Kier alpha value is -1.36. The molecular weight excluding hydrogens is 242 g/mol. The summed E-state index contributed by atoms with van der Waals surface area (Å²) in [4.78, 5) is 18.6. The van der Waals surface area contributed by atoms with Crippen LogP contribution >= 0.6 is 0 Å². The fourth-order valence-corrected chi connectivity index (χ4v) is 3.31. The number of nitrogens with one attached hydrogen (secondary N) is 1. The van der Waals surface area contributed by atoms with Crippen LogP contribution in [0.25, 0.3) is 0 Å². The van der Waals surface area contributed by atoms with Gasteiger partial charge in [-0.1, -0.05) is 0 Å². The van der Waals surface area contributed by atoms with E-state index >= 15 is 0 Å². The van der Waals surface area contributed by atoms with Crippen molar-refractivity contribution in [3.05, 3.63) is 17.8 Å². The molecule has 0 aromatic carbocycles. The zero-order valence-corrected chi connectivity index (χ0v) is 11.4. The average Bonchev–Trinajstić information content (AvgIpc) is 3.09. The number of aryl methyl sites for hydroxylation is 1. The first kappa shape index (κ1) is 12.7. The van der Waals surface area contributed by atoms with Crippen molar-refractivity contribution in [3.63, 3.8) is 0 Å². The van der Waals surface area contributed by atoms with Crippen LogP contribution in [0, 0.1) is 6.92 Å². The van der Waals surface area contributed by atoms with E-state index in [4.69, 9.17) is 4.42 Å². The van der Waals surface area contributed by atoms with E-state index in [0.717, 1.165) is 25.9 Å². The van der Waals surface area contributed by atoms with E-state index in [-0.39, 0.29) is 5.91 Å². The molecule has 0 saturated carbocycles. The zero-order chi connectivity index (χ0) is 13.2. The fraction of sp³-hybridized carbons (Fsp3) is 0.714. The number of oxazole rings is 1. The minimum absolute atomic E-state index is 0.00778. The molecule has 5 heteroatoms. The Balaban J connectivity index is 1.80. The highest BCUT2D eigenvalue weighted by Gasteiger charge is 2.36. The SMILES string of the molecule is Cc1ncoc1C(=O)N1CCCCC1C1CCCN1. The van der Waals surface area contributed by atoms with E-state index in [1.54, 1.807) is 0 Å². The Kier molecular flexibility index (Phi) is 3.55. The molecular formula is C14H21N3O2. The second kappa shape index (κ2) is 5.33. The van der Waals surface area contributed by atoms with Crippen LogP contribution in [0.15, 0.2) is 10.8 Å². The van der Waals surface area contributed by atoms with Crippen molar-refractivity contribution in [2.45, 2.75) is 51.1 Å². The number of hydrogen-bond donors (Lipinski definition) is 1. The zero-order valence-electron chi connectivity index (χ0n) is 11.4. The van der Waals surface area contributed by atoms with E-state index in [0.29, 0.717) is 23.5 Å². The van der Waals surface area contributed by atoms with Crippen LogP contribution < -0.4 is 5.32 Å². The smallest absolute Gasteiger partial charge is 0.291 e. The highest BCUT2D eigenvalue weighted by molar-refractivity contribution is 5.92. The van der Waals surface area contributed by atoms with E-state index in [1.165, 1.54) is 25.7 Å². The van der Waals surface area contributed by atoms with Gasteiger partial charge in [0, 0.05) is 18.6 Å². The molecule has 2 aliphatic heterocycles. The van der Waals surface area contributed by atoms with Crippen LogP contribution in [0.5, 0.6) is 0 Å². The van der Waals surface area contributed by atoms with Gasteiger partial charge in [-0.05, 0) is 45.6 Å². The van der Waals surface area contributed by atoms with Crippen molar-refractivity contribution in [1.82, 2.24) is 15.2 Å². The molecule has 104 valence electrons. The second-order valence-corrected chi connectivity index (χ2v) is 5.53. The summed E-state index contributed by atoms with van der Waals surface area (Å²) in [7, 11) is 0. The molecule has 2 unspecified atom stereocenters. The van der Waals surface area contributed by atoms with Gasteiger partial charge in [0.15, 0.2) is 6.39 Å². The van der Waals surface area contributed by atoms with E-state index < -0.39 is 0 Å². The van der Waals surface area contributed by atoms with Crippen LogP contribution in [0.4, 0.5) is 0 Å². The van der Waals surface area contributed by atoms with Crippen molar-refractivity contribution in [2.75, 3.05) is 13.1 Å². The average molecular weight is 263 g/mol. The first-order chi connectivity index (χ1) is 9.27. The largest absolute Gasteiger partial charge is 0.438 e. The van der Waals surface area contributed by atoms with E-state index in [2.05, 4.69) is 10.3 Å². The highest BCUT2D eigenvalue weighted by Crippen LogP contribution is 2.26. The monoisotopic (exact) mass is 263 g/mol. The van der Waals surface area contributed by atoms with Crippen molar-refractivity contribution in [1.29, 1.82) is 0 Å². The van der Waals surface area contributed by atoms with Crippen molar-refractivity contribution in [2.24, 2.45) is 0 Å². The van der Waals surface area contributed by atoms with Crippen molar-refractivity contribution < 1.29 is 9.21 Å². The standard InChI is InChI=1S/C14H21N3O2/c1-10-13(19-9-16-10)14(18)17-8-3-2-6-12(17)11-5-4-7-15-11/h9,11-12,15H,2-8H2,1H3. The van der Waals surface area contributed by atoms with Gasteiger partial charge in [0.05, 0.1) is 5.69 Å². The second-order valence-electron chi connectivity index (χ2n) is 5.53. The number of hydrogen-bond acceptors (Lipinski definition) is 4. The fourth-order valence-electron chi connectivity index (χ4n) is 3.31. The van der Waals surface area contributed by atoms with Crippen LogP contribution in [-0.2, 0) is 0 Å². The lowest BCUT2D eigenvalue weighted by Gasteiger charge is -2.38. The molecule has 3 rings (SSSR count). The number of rotatable bonds is 2. The van der Waals surface area contributed by atoms with Gasteiger partial charge in [0.1, 0.15) is 0 Å². The first-order valence-electron chi connectivity index (χ1n) is 7.22. The van der Waals surface area contributed by atoms with Gasteiger partial charge in [-0.3, -0.25) is 4.79 Å². The predicted molar refractivity (Wildman–Crippen MR) is 70.9 cm³/mol. The number of piperidine rings is 1. The normalized spacial score (nSPS) is 27.7. The Morgan fingerprint density at radius 1 is 1.42 bits per heavy atom. The maximum atomic E-state index is 12.6. The predicted octanol–water partition coefficient (Wildman–Crippen LogP) is 1.73. The molecule has 1 aromatic rings. The molecule has 5 nitrogen and oxygen atoms in total. The number of amides is 1. The Morgan fingerprint density at radius 2 is 2.32 bits per heavy atom. The summed E-state index contributed by atoms with van der Waals surface area (Å²) in [5.41, 5.74) is 0.689. The number of likely N-dealkylation sites (tertiary alicyclic amines) is 1. The highest BCUT2D eigenvalue weighted by atomic mass is 16.3. The third-order valence-corrected chi connectivity index (χ3v) is 4.31. The molecule has 2 fully saturated rings. The maximum absolute atomic E-state index is 12.6. The summed E-state index contributed by atoms with van der Waals surface area (Å²) in [6, 6.07) is 0.765. The lowest BCUT2D eigenvalue weighted by Crippen LogP contribution is -2.52. The third kappa shape index (κ3) is 2.39. The van der Waals surface area contributed by atoms with E-state index in [1.807, 2.05) is 11.8 Å². The van der Waals surface area contributed by atoms with Gasteiger partial charge in [0.25, 0.3) is 5.91 Å². The third-order valence-electron chi connectivity index (χ3n) is 4.31. The van der Waals surface area contributed by atoms with Crippen LogP contribution in [0.3, 0.4) is 0 Å². The van der Waals surface area contributed by atoms with Crippen LogP contribution in [0.1, 0.15) is 48.4 Å². The Morgan fingerprint density at radius 3 is 3.00 bits per heavy atom. The van der Waals surface area contributed by atoms with E-state index in [9.17, 15) is 4.79 Å². The summed E-state index contributed by atoms with van der Waals surface area (Å²) in [6.45, 7) is 3.73. The van der Waals surface area contributed by atoms with Gasteiger partial charge < -0.3 is 14.6 Å². The lowest BCUT2D eigenvalue weighted by atomic mass is 9.94. The summed E-state index contributed by atoms with van der Waals surface area (Å²) >= 11 is 0. The molecule has 0 radical (unpaired) electrons. The summed E-state index contributed by atoms with van der Waals surface area (Å²) in [5.74, 6) is 0.415. The van der Waals surface area contributed by atoms with Crippen LogP contribution in [0.2, 0.25) is 0 Å². The summed E-state index contributed by atoms with van der Waals surface area (Å²) in [5, 5.41) is 3.53. The Labute approximate surface area is 113 Å². The molecule has 0 bridgehead atoms. The first-order valence-corrected chi connectivity index (χ1v) is 7.22. The molecule has 19 heavy (non-hydrogen) atoms. The minimum atomic E-state index is 0.00778. The minimum Gasteiger partial charge on any atom is -0.438 e. The number of aromatic nitrogens is 1. The molecule has 0 aliphatic carbocycles. The molecule has 1 aromatic heterocycles. The number of nitrogens with zero attached hydrogens (tertiary/aromatic N) is 2. The number of carbonyl (C=O) groups is 1. The quantitative estimate of drug-likeness (QED) is 0.883. The Bertz CT molecular complexity index is 451. The molecule has 1 amide bonds. The van der Waals surface area contributed by atoms with Crippen LogP contribution in [-0.4, -0.2) is 41.0 Å². The molecule has 1 N–H and O–H groups in total. The van der Waals surface area contributed by atoms with Gasteiger partial charge in [-0.15, -0.1) is 0 Å². The molecule has 2 atom stereocenters. The summed E-state index contributed by atoms with van der Waals surface area (Å²) in [6.07, 6.45) is 7.13. The van der Waals surface area contributed by atoms with Gasteiger partial charge in [-0.2, -0.15) is 0 Å². The van der Waals surface area contributed by atoms with Gasteiger partial charge in [0.2, 0.25) is 5.76 Å². The molecule has 0 spiro atoms. The molecule has 3 heterocycles. The summed E-state index contributed by atoms with van der Waals surface area (Å²) < 4.78 is 5.27. The topological polar surface area (TPSA) is 58.4 Å². The van der Waals surface area contributed by atoms with Crippen molar-refractivity contribution in [3.8, 4) is 0 Å². The molecule has 2 aliphatic rings. The lowest BCUT2D eigenvalue weighted by molar-refractivity contribution is 0.0530. The van der Waals surface area contributed by atoms with Gasteiger partial charge >= 0.3 is 0 Å². The van der Waals surface area contributed by atoms with Gasteiger partial charge in [-0.25, -0.2) is 4.98 Å². The maximum Gasteiger partial charge on any atom is 0.291 e. The molecule has 2 saturated heterocycles. The van der Waals surface area contributed by atoms with Crippen molar-refractivity contribution >= 4 is 5.91 Å². The number of carbonyl (C=O) groups excluding carboxylic acids is 1.